The van der Waals surface area contributed by atoms with Gasteiger partial charge in [-0.2, -0.15) is 10.2 Å². The minimum atomic E-state index is -1.10. The molecule has 1 saturated heterocycles. The fourth-order valence-electron chi connectivity index (χ4n) is 5.91. The van der Waals surface area contributed by atoms with E-state index in [-0.39, 0.29) is 23.0 Å². The summed E-state index contributed by atoms with van der Waals surface area (Å²) in [5.74, 6) is -0.185. The fourth-order valence-corrected chi connectivity index (χ4v) is 5.91. The molecule has 12 nitrogen and oxygen atoms in total. The normalized spacial score (nSPS) is 17.5. The number of hydrogen-bond acceptors (Lipinski definition) is 9. The van der Waals surface area contributed by atoms with Crippen LogP contribution in [0.3, 0.4) is 0 Å². The van der Waals surface area contributed by atoms with Gasteiger partial charge in [0.2, 0.25) is 0 Å². The number of carbonyl (C=O) groups excluding carboxylic acids is 2. The molecule has 4 aromatic rings. The molecule has 0 saturated carbocycles. The van der Waals surface area contributed by atoms with Crippen molar-refractivity contribution in [3.05, 3.63) is 64.3 Å². The Bertz CT molecular complexity index is 1690. The van der Waals surface area contributed by atoms with Crippen molar-refractivity contribution < 1.29 is 23.8 Å². The number of fused-ring (bicyclic) bond motifs is 1. The van der Waals surface area contributed by atoms with Crippen molar-refractivity contribution in [3.8, 4) is 39.8 Å². The van der Waals surface area contributed by atoms with Gasteiger partial charge in [-0.25, -0.2) is 9.89 Å². The van der Waals surface area contributed by atoms with E-state index in [0.717, 1.165) is 5.56 Å². The van der Waals surface area contributed by atoms with Crippen LogP contribution < -0.4 is 25.2 Å². The Morgan fingerprint density at radius 3 is 2.38 bits per heavy atom. The molecule has 6 rings (SSSR count). The summed E-state index contributed by atoms with van der Waals surface area (Å²) in [6.45, 7) is 5.67. The molecule has 1 atom stereocenters. The van der Waals surface area contributed by atoms with E-state index in [0.29, 0.717) is 73.1 Å². The van der Waals surface area contributed by atoms with Gasteiger partial charge >= 0.3 is 5.69 Å². The Labute approximate surface area is 241 Å². The van der Waals surface area contributed by atoms with Gasteiger partial charge in [-0.1, -0.05) is 0 Å². The summed E-state index contributed by atoms with van der Waals surface area (Å²) >= 11 is 0. The van der Waals surface area contributed by atoms with Gasteiger partial charge < -0.3 is 19.5 Å². The molecule has 2 aromatic heterocycles. The quantitative estimate of drug-likeness (QED) is 0.213. The average Bonchev–Trinajstić information content (AvgIpc) is 3.61. The number of hydrogen-bond donors (Lipinski definition) is 3. The highest BCUT2D eigenvalue weighted by Crippen LogP contribution is 2.46. The maximum absolute atomic E-state index is 14.5. The number of ether oxygens (including phenoxy) is 3. The summed E-state index contributed by atoms with van der Waals surface area (Å²) in [4.78, 5) is 43.1. The molecule has 42 heavy (non-hydrogen) atoms. The van der Waals surface area contributed by atoms with Crippen molar-refractivity contribution in [3.63, 3.8) is 0 Å². The molecular formula is C30H32N6O6. The van der Waals surface area contributed by atoms with Crippen molar-refractivity contribution in [1.82, 2.24) is 30.3 Å². The highest BCUT2D eigenvalue weighted by molar-refractivity contribution is 6.19. The predicted molar refractivity (Wildman–Crippen MR) is 153 cm³/mol. The van der Waals surface area contributed by atoms with Crippen molar-refractivity contribution >= 4 is 11.6 Å². The first-order valence-electron chi connectivity index (χ1n) is 14.0. The number of nitrogens with zero attached hydrogens (tertiary/aromatic N) is 3. The molecule has 0 unspecified atom stereocenters. The molecule has 2 aromatic carbocycles. The maximum Gasteiger partial charge on any atom is 0.340 e. The molecule has 3 N–H and O–H groups in total. The third-order valence-corrected chi connectivity index (χ3v) is 7.78. The first kappa shape index (κ1) is 27.5. The first-order chi connectivity index (χ1) is 20.3. The summed E-state index contributed by atoms with van der Waals surface area (Å²) in [6, 6.07) is 8.40. The van der Waals surface area contributed by atoms with Crippen molar-refractivity contribution in [2.75, 3.05) is 26.3 Å². The zero-order chi connectivity index (χ0) is 29.4. The Kier molecular flexibility index (Phi) is 7.15. The maximum atomic E-state index is 14.5. The molecule has 2 aliphatic rings. The number of carbonyl (C=O) groups is 2. The van der Waals surface area contributed by atoms with E-state index in [2.05, 4.69) is 25.6 Å². The second kappa shape index (κ2) is 10.9. The predicted octanol–water partition coefficient (Wildman–Crippen LogP) is 3.16. The van der Waals surface area contributed by atoms with E-state index >= 15 is 0 Å². The number of Topliss-reactive ketones (excluding diaryl/α,β-unsaturated/α-hetero) is 2. The minimum Gasteiger partial charge on any atom is -0.493 e. The van der Waals surface area contributed by atoms with Gasteiger partial charge in [0.05, 0.1) is 30.5 Å². The van der Waals surface area contributed by atoms with Crippen LogP contribution in [-0.4, -0.2) is 68.4 Å². The summed E-state index contributed by atoms with van der Waals surface area (Å²) in [6.07, 6.45) is 4.53. The van der Waals surface area contributed by atoms with E-state index < -0.39 is 17.2 Å². The van der Waals surface area contributed by atoms with Crippen LogP contribution in [0.25, 0.3) is 22.5 Å². The summed E-state index contributed by atoms with van der Waals surface area (Å²) < 4.78 is 20.3. The zero-order valence-electron chi connectivity index (χ0n) is 23.7. The molecule has 4 heterocycles. The van der Waals surface area contributed by atoms with E-state index in [1.807, 2.05) is 27.1 Å². The SMILES string of the molecule is CCOc1cc(C(=O)[C@@H]2C(=O)c3cc(-c4n[nH]c(=O)[nH]4)ccc3OC23CCNCC3)cc(OCC)c1-c1cnn(C)c1. The minimum absolute atomic E-state index is 0.265. The number of aromatic amines is 2. The summed E-state index contributed by atoms with van der Waals surface area (Å²) in [5.41, 5.74) is 1.08. The van der Waals surface area contributed by atoms with Gasteiger partial charge in [0.25, 0.3) is 0 Å². The van der Waals surface area contributed by atoms with Crippen LogP contribution in [-0.2, 0) is 7.05 Å². The third-order valence-electron chi connectivity index (χ3n) is 7.78. The number of piperidine rings is 1. The molecule has 0 radical (unpaired) electrons. The smallest absolute Gasteiger partial charge is 0.340 e. The van der Waals surface area contributed by atoms with Gasteiger partial charge in [0, 0.05) is 42.8 Å². The number of H-pyrrole nitrogens is 2. The number of nitrogens with one attached hydrogen (secondary N) is 3. The molecular weight excluding hydrogens is 540 g/mol. The van der Waals surface area contributed by atoms with Crippen LogP contribution >= 0.6 is 0 Å². The average molecular weight is 573 g/mol. The van der Waals surface area contributed by atoms with Crippen molar-refractivity contribution in [1.29, 1.82) is 0 Å². The Morgan fingerprint density at radius 2 is 1.79 bits per heavy atom. The standard InChI is InChI=1S/C30H32N6O6/c1-4-40-22-13-18(14-23(41-5-2)24(22)19-15-32-36(3)16-19)26(37)25-27(38)20-12-17(28-33-29(39)35-34-28)6-7-21(20)42-30(25)8-10-31-11-9-30/h6-7,12-16,25,31H,4-5,8-11H2,1-3H3,(H2,33,34,35,39)/t25-/m1/s1. The van der Waals surface area contributed by atoms with Gasteiger partial charge in [-0.15, -0.1) is 0 Å². The Hall–Kier alpha value is -4.71. The molecule has 12 heteroatoms. The number of aromatic nitrogens is 5. The fraction of sp³-hybridized carbons (Fsp3) is 0.367. The topological polar surface area (TPSA) is 153 Å². The molecule has 2 aliphatic heterocycles. The van der Waals surface area contributed by atoms with E-state index in [1.165, 1.54) is 0 Å². The Balaban J connectivity index is 1.47. The highest BCUT2D eigenvalue weighted by Gasteiger charge is 2.54. The lowest BCUT2D eigenvalue weighted by atomic mass is 9.70. The van der Waals surface area contributed by atoms with Crippen LogP contribution in [0.2, 0.25) is 0 Å². The molecule has 0 bridgehead atoms. The molecule has 0 amide bonds. The number of rotatable bonds is 8. The second-order valence-electron chi connectivity index (χ2n) is 10.4. The van der Waals surface area contributed by atoms with Crippen LogP contribution in [0.5, 0.6) is 17.2 Å². The molecule has 1 spiro atoms. The van der Waals surface area contributed by atoms with Crippen molar-refractivity contribution in [2.24, 2.45) is 13.0 Å². The van der Waals surface area contributed by atoms with E-state index in [1.54, 1.807) is 41.2 Å². The number of benzene rings is 2. The van der Waals surface area contributed by atoms with Crippen LogP contribution in [0.4, 0.5) is 0 Å². The first-order valence-corrected chi connectivity index (χ1v) is 14.0. The third kappa shape index (κ3) is 4.77. The molecule has 218 valence electrons. The number of aryl methyl sites for hydroxylation is 1. The second-order valence-corrected chi connectivity index (χ2v) is 10.4. The summed E-state index contributed by atoms with van der Waals surface area (Å²) in [5, 5.41) is 13.9. The largest absolute Gasteiger partial charge is 0.493 e. The lowest BCUT2D eigenvalue weighted by molar-refractivity contribution is -0.0138. The lowest BCUT2D eigenvalue weighted by Crippen LogP contribution is -2.58. The van der Waals surface area contributed by atoms with Gasteiger partial charge in [0.1, 0.15) is 28.8 Å². The van der Waals surface area contributed by atoms with E-state index in [4.69, 9.17) is 14.2 Å². The zero-order valence-corrected chi connectivity index (χ0v) is 23.7. The molecule has 1 fully saturated rings. The van der Waals surface area contributed by atoms with Crippen LogP contribution in [0, 0.1) is 5.92 Å². The van der Waals surface area contributed by atoms with Gasteiger partial charge in [-0.3, -0.25) is 19.3 Å². The van der Waals surface area contributed by atoms with Crippen LogP contribution in [0.1, 0.15) is 47.4 Å². The lowest BCUT2D eigenvalue weighted by Gasteiger charge is -2.45. The van der Waals surface area contributed by atoms with E-state index in [9.17, 15) is 14.4 Å². The van der Waals surface area contributed by atoms with Gasteiger partial charge in [-0.05, 0) is 57.3 Å². The molecule has 0 aliphatic carbocycles. The number of ketones is 2. The Morgan fingerprint density at radius 1 is 1.07 bits per heavy atom. The van der Waals surface area contributed by atoms with Crippen molar-refractivity contribution in [2.45, 2.75) is 32.3 Å². The van der Waals surface area contributed by atoms with Crippen LogP contribution in [0.15, 0.2) is 47.5 Å². The van der Waals surface area contributed by atoms with Gasteiger partial charge in [0.15, 0.2) is 17.4 Å². The summed E-state index contributed by atoms with van der Waals surface area (Å²) in [7, 11) is 1.82. The highest BCUT2D eigenvalue weighted by atomic mass is 16.5. The monoisotopic (exact) mass is 572 g/mol.